The van der Waals surface area contributed by atoms with E-state index in [1.165, 1.54) is 0 Å². The van der Waals surface area contributed by atoms with Crippen molar-refractivity contribution in [1.29, 1.82) is 0 Å². The van der Waals surface area contributed by atoms with Gasteiger partial charge in [0.1, 0.15) is 5.78 Å². The van der Waals surface area contributed by atoms with Crippen LogP contribution in [0.2, 0.25) is 0 Å². The van der Waals surface area contributed by atoms with E-state index in [4.69, 9.17) is 0 Å². The van der Waals surface area contributed by atoms with Gasteiger partial charge in [-0.15, -0.1) is 6.58 Å². The van der Waals surface area contributed by atoms with E-state index in [-0.39, 0.29) is 40.8 Å². The summed E-state index contributed by atoms with van der Waals surface area (Å²) in [6, 6.07) is 0. The number of carbonyl (C=O) groups is 1. The predicted octanol–water partition coefficient (Wildman–Crippen LogP) is 3.34. The van der Waals surface area contributed by atoms with Crippen LogP contribution < -0.4 is 0 Å². The lowest BCUT2D eigenvalue weighted by atomic mass is 9.42. The first-order valence-corrected chi connectivity index (χ1v) is 9.13. The molecule has 130 valence electrons. The Kier molecular flexibility index (Phi) is 4.04. The van der Waals surface area contributed by atoms with Gasteiger partial charge in [-0.3, -0.25) is 4.79 Å². The molecule has 3 aliphatic carbocycles. The predicted molar refractivity (Wildman–Crippen MR) is 90.8 cm³/mol. The number of allylic oxidation sites excluding steroid dienone is 1. The number of ketones is 1. The van der Waals surface area contributed by atoms with Gasteiger partial charge in [-0.1, -0.05) is 26.8 Å². The second-order valence-electron chi connectivity index (χ2n) is 9.42. The van der Waals surface area contributed by atoms with Crippen molar-refractivity contribution >= 4 is 5.78 Å². The Labute approximate surface area is 140 Å². The SMILES string of the molecule is C=C[C@]1(C)CC[C@H]2[C@H](C1)C(=O)C[C@@H]1[C@@](C)(CO)C[C@@H](O)C[C@]12C. The fraction of sp³-hybridized carbons (Fsp3) is 0.850. The van der Waals surface area contributed by atoms with Crippen molar-refractivity contribution in [2.75, 3.05) is 6.61 Å². The molecule has 3 nitrogen and oxygen atoms in total. The third-order valence-corrected chi connectivity index (χ3v) is 7.73. The normalized spacial score (nSPS) is 53.3. The number of carbonyl (C=O) groups excluding carboxylic acids is 1. The Morgan fingerprint density at radius 3 is 2.57 bits per heavy atom. The number of aliphatic hydroxyl groups is 2. The first-order chi connectivity index (χ1) is 10.7. The zero-order chi connectivity index (χ0) is 17.0. The summed E-state index contributed by atoms with van der Waals surface area (Å²) in [5.74, 6) is 0.996. The average Bonchev–Trinajstić information content (AvgIpc) is 2.49. The van der Waals surface area contributed by atoms with Gasteiger partial charge in [0.15, 0.2) is 0 Å². The molecule has 23 heavy (non-hydrogen) atoms. The fourth-order valence-electron chi connectivity index (χ4n) is 6.36. The van der Waals surface area contributed by atoms with E-state index in [2.05, 4.69) is 27.4 Å². The molecule has 3 fully saturated rings. The molecule has 3 aliphatic rings. The lowest BCUT2D eigenvalue weighted by Crippen LogP contribution is -2.60. The molecular formula is C20H32O3. The number of fused-ring (bicyclic) bond motifs is 3. The first kappa shape index (κ1) is 17.2. The molecule has 0 heterocycles. The van der Waals surface area contributed by atoms with Crippen molar-refractivity contribution in [3.8, 4) is 0 Å². The number of hydrogen-bond donors (Lipinski definition) is 2. The van der Waals surface area contributed by atoms with Gasteiger partial charge in [0, 0.05) is 18.9 Å². The van der Waals surface area contributed by atoms with Crippen LogP contribution in [0.15, 0.2) is 12.7 Å². The van der Waals surface area contributed by atoms with E-state index in [9.17, 15) is 15.0 Å². The number of hydrogen-bond acceptors (Lipinski definition) is 3. The molecule has 0 bridgehead atoms. The molecule has 0 aliphatic heterocycles. The zero-order valence-electron chi connectivity index (χ0n) is 14.8. The number of rotatable bonds is 2. The summed E-state index contributed by atoms with van der Waals surface area (Å²) < 4.78 is 0. The van der Waals surface area contributed by atoms with Crippen molar-refractivity contribution in [3.05, 3.63) is 12.7 Å². The van der Waals surface area contributed by atoms with E-state index < -0.39 is 0 Å². The summed E-state index contributed by atoms with van der Waals surface area (Å²) in [6.45, 7) is 10.6. The topological polar surface area (TPSA) is 57.5 Å². The Morgan fingerprint density at radius 1 is 1.26 bits per heavy atom. The maximum absolute atomic E-state index is 12.9. The van der Waals surface area contributed by atoms with E-state index in [1.54, 1.807) is 0 Å². The lowest BCUT2D eigenvalue weighted by Gasteiger charge is -2.62. The minimum Gasteiger partial charge on any atom is -0.396 e. The summed E-state index contributed by atoms with van der Waals surface area (Å²) in [5.41, 5.74) is -0.323. The summed E-state index contributed by atoms with van der Waals surface area (Å²) in [5, 5.41) is 20.5. The van der Waals surface area contributed by atoms with Crippen molar-refractivity contribution in [1.82, 2.24) is 0 Å². The summed E-state index contributed by atoms with van der Waals surface area (Å²) >= 11 is 0. The molecule has 2 N–H and O–H groups in total. The highest BCUT2D eigenvalue weighted by Crippen LogP contribution is 2.64. The van der Waals surface area contributed by atoms with Gasteiger partial charge in [-0.05, 0) is 60.2 Å². The molecule has 3 heteroatoms. The Morgan fingerprint density at radius 2 is 1.96 bits per heavy atom. The van der Waals surface area contributed by atoms with Crippen molar-refractivity contribution in [2.45, 2.75) is 65.4 Å². The second kappa shape index (κ2) is 5.42. The highest BCUT2D eigenvalue weighted by atomic mass is 16.3. The molecule has 3 rings (SSSR count). The van der Waals surface area contributed by atoms with Gasteiger partial charge in [-0.25, -0.2) is 0 Å². The van der Waals surface area contributed by atoms with Crippen LogP contribution in [0.1, 0.15) is 59.3 Å². The highest BCUT2D eigenvalue weighted by molar-refractivity contribution is 5.83. The molecule has 0 unspecified atom stereocenters. The van der Waals surface area contributed by atoms with Crippen LogP contribution in [0, 0.1) is 34.0 Å². The molecule has 0 aromatic heterocycles. The summed E-state index contributed by atoms with van der Waals surface area (Å²) in [7, 11) is 0. The maximum Gasteiger partial charge on any atom is 0.136 e. The molecular weight excluding hydrogens is 288 g/mol. The number of aliphatic hydroxyl groups excluding tert-OH is 2. The van der Waals surface area contributed by atoms with Gasteiger partial charge >= 0.3 is 0 Å². The Hall–Kier alpha value is -0.670. The van der Waals surface area contributed by atoms with Gasteiger partial charge < -0.3 is 10.2 Å². The van der Waals surface area contributed by atoms with Crippen LogP contribution in [0.25, 0.3) is 0 Å². The number of Topliss-reactive ketones (excluding diaryl/α,β-unsaturated/α-hetero) is 1. The van der Waals surface area contributed by atoms with Gasteiger partial charge in [0.2, 0.25) is 0 Å². The quantitative estimate of drug-likeness (QED) is 0.767. The third kappa shape index (κ3) is 2.51. The van der Waals surface area contributed by atoms with E-state index in [0.29, 0.717) is 24.5 Å². The summed E-state index contributed by atoms with van der Waals surface area (Å²) in [6.07, 6.45) is 6.60. The first-order valence-electron chi connectivity index (χ1n) is 9.13. The van der Waals surface area contributed by atoms with Crippen LogP contribution >= 0.6 is 0 Å². The van der Waals surface area contributed by atoms with E-state index in [1.807, 2.05) is 6.08 Å². The van der Waals surface area contributed by atoms with Crippen LogP contribution in [-0.2, 0) is 4.79 Å². The van der Waals surface area contributed by atoms with Crippen LogP contribution in [0.5, 0.6) is 0 Å². The smallest absolute Gasteiger partial charge is 0.136 e. The standard InChI is InChI=1S/C20H32O3/c1-5-18(2)7-6-15-14(11-18)16(23)8-17-19(3,12-21)9-13(22)10-20(15,17)4/h5,13-15,17,21-22H,1,6-12H2,2-4H3/t13-,14+,15+,17-,18-,19-,20+/m1/s1. The van der Waals surface area contributed by atoms with Gasteiger partial charge in [-0.2, -0.15) is 0 Å². The average molecular weight is 320 g/mol. The van der Waals surface area contributed by atoms with Gasteiger partial charge in [0.25, 0.3) is 0 Å². The van der Waals surface area contributed by atoms with Crippen molar-refractivity contribution in [2.24, 2.45) is 34.0 Å². The van der Waals surface area contributed by atoms with Gasteiger partial charge in [0.05, 0.1) is 6.10 Å². The molecule has 0 spiro atoms. The second-order valence-corrected chi connectivity index (χ2v) is 9.42. The molecule has 0 radical (unpaired) electrons. The largest absolute Gasteiger partial charge is 0.396 e. The van der Waals surface area contributed by atoms with E-state index >= 15 is 0 Å². The van der Waals surface area contributed by atoms with Crippen LogP contribution in [0.4, 0.5) is 0 Å². The van der Waals surface area contributed by atoms with Crippen LogP contribution in [0.3, 0.4) is 0 Å². The van der Waals surface area contributed by atoms with Crippen molar-refractivity contribution < 1.29 is 15.0 Å². The fourth-order valence-corrected chi connectivity index (χ4v) is 6.36. The molecule has 0 amide bonds. The molecule has 0 saturated heterocycles. The maximum atomic E-state index is 12.9. The third-order valence-electron chi connectivity index (χ3n) is 7.73. The lowest BCUT2D eigenvalue weighted by molar-refractivity contribution is -0.177. The van der Waals surface area contributed by atoms with Crippen molar-refractivity contribution in [3.63, 3.8) is 0 Å². The molecule has 7 atom stereocenters. The molecule has 3 saturated carbocycles. The minimum absolute atomic E-state index is 0.0454. The molecule has 0 aromatic carbocycles. The molecule has 0 aromatic rings. The highest BCUT2D eigenvalue weighted by Gasteiger charge is 2.61. The van der Waals surface area contributed by atoms with Crippen LogP contribution in [-0.4, -0.2) is 28.7 Å². The Balaban J connectivity index is 1.98. The minimum atomic E-state index is -0.366. The zero-order valence-corrected chi connectivity index (χ0v) is 14.8. The summed E-state index contributed by atoms with van der Waals surface area (Å²) in [4.78, 5) is 12.9. The van der Waals surface area contributed by atoms with E-state index in [0.717, 1.165) is 25.7 Å². The Bertz CT molecular complexity index is 515. The monoisotopic (exact) mass is 320 g/mol.